The zero-order valence-corrected chi connectivity index (χ0v) is 14.4. The lowest BCUT2D eigenvalue weighted by atomic mass is 9.64. The van der Waals surface area contributed by atoms with Gasteiger partial charge in [-0.1, -0.05) is 46.1 Å². The molecule has 0 aromatic rings. The summed E-state index contributed by atoms with van der Waals surface area (Å²) in [5.41, 5.74) is 0.492. The van der Waals surface area contributed by atoms with E-state index in [9.17, 15) is 0 Å². The Balaban J connectivity index is 2.44. The number of unbranched alkanes of at least 4 members (excludes halogenated alkanes) is 3. The highest BCUT2D eigenvalue weighted by molar-refractivity contribution is 4.86. The average molecular weight is 280 g/mol. The monoisotopic (exact) mass is 279 g/mol. The van der Waals surface area contributed by atoms with E-state index >= 15 is 0 Å². The summed E-state index contributed by atoms with van der Waals surface area (Å²) in [6, 6.07) is 0. The van der Waals surface area contributed by atoms with Gasteiger partial charge in [-0.05, 0) is 68.9 Å². The van der Waals surface area contributed by atoms with E-state index in [1.807, 2.05) is 0 Å². The highest BCUT2D eigenvalue weighted by Crippen LogP contribution is 2.44. The zero-order chi connectivity index (χ0) is 15.0. The number of hydrogen-bond acceptors (Lipinski definition) is 1. The quantitative estimate of drug-likeness (QED) is 0.462. The van der Waals surface area contributed by atoms with Gasteiger partial charge in [-0.3, -0.25) is 0 Å². The molecule has 1 fully saturated rings. The molecule has 0 heterocycles. The Bertz CT molecular complexity index is 263. The molecule has 0 saturated heterocycles. The van der Waals surface area contributed by atoms with E-state index in [0.717, 1.165) is 17.8 Å². The first-order valence-corrected chi connectivity index (χ1v) is 8.74. The van der Waals surface area contributed by atoms with Crippen LogP contribution in [0.4, 0.5) is 0 Å². The minimum Gasteiger partial charge on any atom is -0.319 e. The molecule has 0 aliphatic heterocycles. The predicted octanol–water partition coefficient (Wildman–Crippen LogP) is 5.42. The molecule has 0 aromatic heterocycles. The summed E-state index contributed by atoms with van der Waals surface area (Å²) in [5.74, 6) is 2.79. The van der Waals surface area contributed by atoms with E-state index in [4.69, 9.17) is 0 Å². The lowest BCUT2D eigenvalue weighted by molar-refractivity contribution is 0.0919. The molecule has 3 atom stereocenters. The van der Waals surface area contributed by atoms with Crippen LogP contribution >= 0.6 is 0 Å². The van der Waals surface area contributed by atoms with Gasteiger partial charge in [-0.25, -0.2) is 0 Å². The summed E-state index contributed by atoms with van der Waals surface area (Å²) in [5, 5.41) is 3.42. The van der Waals surface area contributed by atoms with Crippen LogP contribution < -0.4 is 5.32 Å². The van der Waals surface area contributed by atoms with Gasteiger partial charge < -0.3 is 5.32 Å². The van der Waals surface area contributed by atoms with Crippen molar-refractivity contribution in [1.29, 1.82) is 0 Å². The molecule has 118 valence electrons. The molecule has 1 heteroatoms. The molecule has 0 radical (unpaired) electrons. The Morgan fingerprint density at radius 1 is 1.10 bits per heavy atom. The van der Waals surface area contributed by atoms with Gasteiger partial charge in [0.15, 0.2) is 0 Å². The second-order valence-electron chi connectivity index (χ2n) is 7.88. The van der Waals surface area contributed by atoms with Crippen LogP contribution in [0.5, 0.6) is 0 Å². The first-order valence-electron chi connectivity index (χ1n) is 8.74. The first kappa shape index (κ1) is 17.8. The van der Waals surface area contributed by atoms with E-state index in [-0.39, 0.29) is 0 Å². The van der Waals surface area contributed by atoms with Gasteiger partial charge >= 0.3 is 0 Å². The molecule has 1 nitrogen and oxygen atoms in total. The van der Waals surface area contributed by atoms with Crippen LogP contribution in [0.15, 0.2) is 12.7 Å². The van der Waals surface area contributed by atoms with Crippen LogP contribution in [-0.2, 0) is 0 Å². The molecule has 20 heavy (non-hydrogen) atoms. The molecule has 3 unspecified atom stereocenters. The van der Waals surface area contributed by atoms with Gasteiger partial charge in [0.05, 0.1) is 0 Å². The van der Waals surface area contributed by atoms with Crippen molar-refractivity contribution in [2.24, 2.45) is 23.2 Å². The summed E-state index contributed by atoms with van der Waals surface area (Å²) in [6.07, 6.45) is 13.1. The third kappa shape index (κ3) is 5.99. The second-order valence-corrected chi connectivity index (χ2v) is 7.88. The van der Waals surface area contributed by atoms with Crippen LogP contribution in [0, 0.1) is 23.2 Å². The van der Waals surface area contributed by atoms with Crippen LogP contribution in [0.25, 0.3) is 0 Å². The Morgan fingerprint density at radius 3 is 2.45 bits per heavy atom. The number of allylic oxidation sites excluding steroid dienone is 1. The highest BCUT2D eigenvalue weighted by Gasteiger charge is 2.35. The average Bonchev–Trinajstić information content (AvgIpc) is 2.39. The SMILES string of the molecule is C=CCCCCCC1CC(C(C)(C)C)CCC1CNC. The molecular formula is C19H37N. The molecule has 1 N–H and O–H groups in total. The number of nitrogens with one attached hydrogen (secondary N) is 1. The number of hydrogen-bond donors (Lipinski definition) is 1. The van der Waals surface area contributed by atoms with Gasteiger partial charge in [0.2, 0.25) is 0 Å². The molecule has 1 aliphatic carbocycles. The summed E-state index contributed by atoms with van der Waals surface area (Å²) in [6.45, 7) is 12.3. The second kappa shape index (κ2) is 8.87. The van der Waals surface area contributed by atoms with Crippen molar-refractivity contribution in [3.63, 3.8) is 0 Å². The topological polar surface area (TPSA) is 12.0 Å². The fourth-order valence-electron chi connectivity index (χ4n) is 3.87. The normalized spacial score (nSPS) is 27.5. The number of rotatable bonds is 8. The fourth-order valence-corrected chi connectivity index (χ4v) is 3.87. The largest absolute Gasteiger partial charge is 0.319 e. The third-order valence-corrected chi connectivity index (χ3v) is 5.31. The van der Waals surface area contributed by atoms with Crippen LogP contribution in [0.3, 0.4) is 0 Å². The minimum absolute atomic E-state index is 0.492. The van der Waals surface area contributed by atoms with E-state index in [1.165, 1.54) is 57.9 Å². The van der Waals surface area contributed by atoms with Crippen LogP contribution in [0.2, 0.25) is 0 Å². The summed E-state index contributed by atoms with van der Waals surface area (Å²) >= 11 is 0. The standard InChI is InChI=1S/C19H37N/c1-6-7-8-9-10-11-16-14-18(19(2,3)4)13-12-17(16)15-20-5/h6,16-18,20H,1,7-15H2,2-5H3. The van der Waals surface area contributed by atoms with Crippen molar-refractivity contribution >= 4 is 0 Å². The third-order valence-electron chi connectivity index (χ3n) is 5.31. The zero-order valence-electron chi connectivity index (χ0n) is 14.4. The van der Waals surface area contributed by atoms with Crippen molar-refractivity contribution in [2.45, 2.75) is 72.1 Å². The Labute approximate surface area is 127 Å². The maximum Gasteiger partial charge on any atom is -0.00209 e. The maximum absolute atomic E-state index is 3.81. The van der Waals surface area contributed by atoms with E-state index in [1.54, 1.807) is 0 Å². The van der Waals surface area contributed by atoms with Gasteiger partial charge in [-0.15, -0.1) is 6.58 Å². The first-order chi connectivity index (χ1) is 9.49. The fraction of sp³-hybridized carbons (Fsp3) is 0.895. The summed E-state index contributed by atoms with van der Waals surface area (Å²) in [7, 11) is 2.11. The van der Waals surface area contributed by atoms with Crippen molar-refractivity contribution in [3.8, 4) is 0 Å². The smallest absolute Gasteiger partial charge is 0.00209 e. The lowest BCUT2D eigenvalue weighted by Gasteiger charge is -2.42. The Morgan fingerprint density at radius 2 is 1.85 bits per heavy atom. The Hall–Kier alpha value is -0.300. The lowest BCUT2D eigenvalue weighted by Crippen LogP contribution is -2.35. The van der Waals surface area contributed by atoms with Crippen LogP contribution in [0.1, 0.15) is 72.1 Å². The van der Waals surface area contributed by atoms with Crippen molar-refractivity contribution in [1.82, 2.24) is 5.32 Å². The molecule has 0 amide bonds. The van der Waals surface area contributed by atoms with E-state index in [2.05, 4.69) is 45.8 Å². The minimum atomic E-state index is 0.492. The van der Waals surface area contributed by atoms with Crippen molar-refractivity contribution in [2.75, 3.05) is 13.6 Å². The summed E-state index contributed by atoms with van der Waals surface area (Å²) < 4.78 is 0. The molecule has 1 saturated carbocycles. The van der Waals surface area contributed by atoms with Crippen molar-refractivity contribution in [3.05, 3.63) is 12.7 Å². The molecule has 1 rings (SSSR count). The molecule has 1 aliphatic rings. The molecule has 0 aromatic carbocycles. The van der Waals surface area contributed by atoms with E-state index < -0.39 is 0 Å². The van der Waals surface area contributed by atoms with Gasteiger partial charge in [0.25, 0.3) is 0 Å². The molecule has 0 spiro atoms. The molecule has 0 bridgehead atoms. The van der Waals surface area contributed by atoms with E-state index in [0.29, 0.717) is 5.41 Å². The predicted molar refractivity (Wildman–Crippen MR) is 91.0 cm³/mol. The van der Waals surface area contributed by atoms with Gasteiger partial charge in [-0.2, -0.15) is 0 Å². The summed E-state index contributed by atoms with van der Waals surface area (Å²) in [4.78, 5) is 0. The maximum atomic E-state index is 3.81. The van der Waals surface area contributed by atoms with Crippen LogP contribution in [-0.4, -0.2) is 13.6 Å². The Kier molecular flexibility index (Phi) is 7.87. The molecular weight excluding hydrogens is 242 g/mol. The van der Waals surface area contributed by atoms with Crippen molar-refractivity contribution < 1.29 is 0 Å². The van der Waals surface area contributed by atoms with Gasteiger partial charge in [0.1, 0.15) is 0 Å². The van der Waals surface area contributed by atoms with Gasteiger partial charge in [0, 0.05) is 0 Å². The highest BCUT2D eigenvalue weighted by atomic mass is 14.8.